The van der Waals surface area contributed by atoms with Gasteiger partial charge in [-0.3, -0.25) is 0 Å². The Labute approximate surface area is 124 Å². The maximum atomic E-state index is 5.85. The fraction of sp³-hybridized carbons (Fsp3) is 0.286. The third kappa shape index (κ3) is 4.68. The monoisotopic (exact) mass is 291 g/mol. The van der Waals surface area contributed by atoms with Crippen molar-refractivity contribution >= 4 is 29.1 Å². The van der Waals surface area contributed by atoms with Gasteiger partial charge in [-0.2, -0.15) is 4.98 Å². The number of rotatable bonds is 6. The molecule has 0 saturated heterocycles. The number of hydrogen-bond acceptors (Lipinski definition) is 5. The number of likely N-dealkylation sites (N-methyl/N-ethyl adjacent to an activating group) is 1. The van der Waals surface area contributed by atoms with Gasteiger partial charge in [-0.05, 0) is 44.4 Å². The molecule has 6 heteroatoms. The number of halogens is 1. The predicted molar refractivity (Wildman–Crippen MR) is 83.8 cm³/mol. The lowest BCUT2D eigenvalue weighted by Gasteiger charge is -2.11. The summed E-state index contributed by atoms with van der Waals surface area (Å²) in [6.45, 7) is 1.79. The molecule has 0 aliphatic rings. The van der Waals surface area contributed by atoms with Crippen molar-refractivity contribution in [2.75, 3.05) is 37.8 Å². The van der Waals surface area contributed by atoms with Crippen LogP contribution in [0.25, 0.3) is 0 Å². The second-order valence-electron chi connectivity index (χ2n) is 4.63. The Kier molecular flexibility index (Phi) is 5.15. The summed E-state index contributed by atoms with van der Waals surface area (Å²) in [5.41, 5.74) is 0.903. The van der Waals surface area contributed by atoms with Crippen molar-refractivity contribution in [1.29, 1.82) is 0 Å². The second-order valence-corrected chi connectivity index (χ2v) is 5.06. The van der Waals surface area contributed by atoms with Gasteiger partial charge in [0, 0.05) is 30.0 Å². The van der Waals surface area contributed by atoms with Crippen LogP contribution in [0.5, 0.6) is 0 Å². The minimum Gasteiger partial charge on any atom is -0.369 e. The summed E-state index contributed by atoms with van der Waals surface area (Å²) < 4.78 is 0. The molecule has 0 unspecified atom stereocenters. The van der Waals surface area contributed by atoms with E-state index in [0.29, 0.717) is 11.0 Å². The van der Waals surface area contributed by atoms with Crippen LogP contribution in [0.4, 0.5) is 17.5 Å². The first-order chi connectivity index (χ1) is 9.63. The quantitative estimate of drug-likeness (QED) is 0.857. The van der Waals surface area contributed by atoms with Gasteiger partial charge in [-0.15, -0.1) is 0 Å². The van der Waals surface area contributed by atoms with Gasteiger partial charge >= 0.3 is 0 Å². The van der Waals surface area contributed by atoms with Crippen molar-refractivity contribution in [2.24, 2.45) is 0 Å². The molecule has 5 nitrogen and oxygen atoms in total. The molecule has 2 N–H and O–H groups in total. The molecule has 20 heavy (non-hydrogen) atoms. The SMILES string of the molecule is CN(C)CCNc1ccnc(Nc2ccc(Cl)cc2)n1. The maximum Gasteiger partial charge on any atom is 0.229 e. The zero-order valence-electron chi connectivity index (χ0n) is 11.6. The molecule has 0 spiro atoms. The number of benzene rings is 1. The lowest BCUT2D eigenvalue weighted by molar-refractivity contribution is 0.425. The Hall–Kier alpha value is -1.85. The molecule has 0 aliphatic heterocycles. The number of nitrogens with zero attached hydrogens (tertiary/aromatic N) is 3. The van der Waals surface area contributed by atoms with Crippen LogP contribution in [0.3, 0.4) is 0 Å². The van der Waals surface area contributed by atoms with Gasteiger partial charge in [0.2, 0.25) is 5.95 Å². The molecular formula is C14H18ClN5. The van der Waals surface area contributed by atoms with Crippen molar-refractivity contribution in [3.05, 3.63) is 41.6 Å². The number of anilines is 3. The Balaban J connectivity index is 1.96. The predicted octanol–water partition coefficient (Wildman–Crippen LogP) is 2.85. The summed E-state index contributed by atoms with van der Waals surface area (Å²) >= 11 is 5.85. The van der Waals surface area contributed by atoms with E-state index >= 15 is 0 Å². The molecule has 2 aromatic rings. The topological polar surface area (TPSA) is 53.1 Å². The number of nitrogens with one attached hydrogen (secondary N) is 2. The summed E-state index contributed by atoms with van der Waals surface area (Å²) in [4.78, 5) is 10.7. The van der Waals surface area contributed by atoms with Crippen LogP contribution in [0, 0.1) is 0 Å². The van der Waals surface area contributed by atoms with Crippen LogP contribution < -0.4 is 10.6 Å². The maximum absolute atomic E-state index is 5.85. The third-order valence-electron chi connectivity index (χ3n) is 2.62. The first-order valence-corrected chi connectivity index (χ1v) is 6.75. The van der Waals surface area contributed by atoms with E-state index in [-0.39, 0.29) is 0 Å². The van der Waals surface area contributed by atoms with Gasteiger partial charge in [-0.25, -0.2) is 4.98 Å². The van der Waals surface area contributed by atoms with Crippen molar-refractivity contribution in [3.8, 4) is 0 Å². The van der Waals surface area contributed by atoms with Crippen LogP contribution >= 0.6 is 11.6 Å². The van der Waals surface area contributed by atoms with Crippen LogP contribution in [0.15, 0.2) is 36.5 Å². The molecule has 0 amide bonds. The van der Waals surface area contributed by atoms with E-state index < -0.39 is 0 Å². The summed E-state index contributed by atoms with van der Waals surface area (Å²) in [7, 11) is 4.07. The summed E-state index contributed by atoms with van der Waals surface area (Å²) in [5.74, 6) is 1.36. The lowest BCUT2D eigenvalue weighted by Crippen LogP contribution is -2.21. The first-order valence-electron chi connectivity index (χ1n) is 6.38. The molecule has 106 valence electrons. The van der Waals surface area contributed by atoms with E-state index in [2.05, 4.69) is 25.5 Å². The Morgan fingerprint density at radius 3 is 2.60 bits per heavy atom. The van der Waals surface area contributed by atoms with Crippen LogP contribution in [-0.4, -0.2) is 42.1 Å². The van der Waals surface area contributed by atoms with Crippen molar-refractivity contribution in [1.82, 2.24) is 14.9 Å². The van der Waals surface area contributed by atoms with Gasteiger partial charge < -0.3 is 15.5 Å². The van der Waals surface area contributed by atoms with Crippen LogP contribution in [0.2, 0.25) is 5.02 Å². The standard InChI is InChI=1S/C14H18ClN5/c1-20(2)10-9-16-13-7-8-17-14(19-13)18-12-5-3-11(15)4-6-12/h3-8H,9-10H2,1-2H3,(H2,16,17,18,19). The molecule has 0 radical (unpaired) electrons. The summed E-state index contributed by atoms with van der Waals surface area (Å²) in [5, 5.41) is 7.10. The normalized spacial score (nSPS) is 10.6. The van der Waals surface area contributed by atoms with E-state index in [0.717, 1.165) is 24.6 Å². The van der Waals surface area contributed by atoms with Crippen molar-refractivity contribution < 1.29 is 0 Å². The molecule has 0 bridgehead atoms. The van der Waals surface area contributed by atoms with Crippen molar-refractivity contribution in [2.45, 2.75) is 0 Å². The zero-order valence-corrected chi connectivity index (χ0v) is 12.4. The Bertz CT molecular complexity index is 542. The highest BCUT2D eigenvalue weighted by molar-refractivity contribution is 6.30. The second kappa shape index (κ2) is 7.07. The van der Waals surface area contributed by atoms with E-state index in [9.17, 15) is 0 Å². The minimum absolute atomic E-state index is 0.558. The molecule has 0 aliphatic carbocycles. The average molecular weight is 292 g/mol. The highest BCUT2D eigenvalue weighted by atomic mass is 35.5. The Morgan fingerprint density at radius 1 is 1.15 bits per heavy atom. The fourth-order valence-electron chi connectivity index (χ4n) is 1.59. The van der Waals surface area contributed by atoms with Gasteiger partial charge in [0.25, 0.3) is 0 Å². The van der Waals surface area contributed by atoms with Gasteiger partial charge in [0.15, 0.2) is 0 Å². The van der Waals surface area contributed by atoms with Gasteiger partial charge in [0.1, 0.15) is 5.82 Å². The van der Waals surface area contributed by atoms with E-state index in [1.165, 1.54) is 0 Å². The number of hydrogen-bond donors (Lipinski definition) is 2. The molecule has 1 aromatic heterocycles. The van der Waals surface area contributed by atoms with E-state index in [1.807, 2.05) is 44.4 Å². The van der Waals surface area contributed by atoms with E-state index in [4.69, 9.17) is 11.6 Å². The molecule has 0 saturated carbocycles. The molecule has 0 fully saturated rings. The third-order valence-corrected chi connectivity index (χ3v) is 2.87. The highest BCUT2D eigenvalue weighted by Gasteiger charge is 2.00. The largest absolute Gasteiger partial charge is 0.369 e. The lowest BCUT2D eigenvalue weighted by atomic mass is 10.3. The summed E-state index contributed by atoms with van der Waals surface area (Å²) in [6.07, 6.45) is 1.73. The molecule has 2 rings (SSSR count). The van der Waals surface area contributed by atoms with Gasteiger partial charge in [0.05, 0.1) is 0 Å². The minimum atomic E-state index is 0.558. The zero-order chi connectivity index (χ0) is 14.4. The van der Waals surface area contributed by atoms with Gasteiger partial charge in [-0.1, -0.05) is 11.6 Å². The van der Waals surface area contributed by atoms with Crippen molar-refractivity contribution in [3.63, 3.8) is 0 Å². The average Bonchev–Trinajstić information content (AvgIpc) is 2.41. The molecule has 0 atom stereocenters. The highest BCUT2D eigenvalue weighted by Crippen LogP contribution is 2.17. The van der Waals surface area contributed by atoms with E-state index in [1.54, 1.807) is 6.20 Å². The van der Waals surface area contributed by atoms with Crippen LogP contribution in [-0.2, 0) is 0 Å². The molecule has 1 aromatic carbocycles. The fourth-order valence-corrected chi connectivity index (χ4v) is 1.71. The summed E-state index contributed by atoms with van der Waals surface area (Å²) in [6, 6.07) is 9.27. The molecule has 1 heterocycles. The Morgan fingerprint density at radius 2 is 1.90 bits per heavy atom. The first kappa shape index (κ1) is 14.6. The van der Waals surface area contributed by atoms with Crippen LogP contribution in [0.1, 0.15) is 0 Å². The number of aromatic nitrogens is 2. The molecular weight excluding hydrogens is 274 g/mol. The smallest absolute Gasteiger partial charge is 0.229 e.